The van der Waals surface area contributed by atoms with Crippen molar-refractivity contribution in [2.24, 2.45) is 0 Å². The SMILES string of the molecule is COC(=O)Cc1cc(O)c(C/C=C(\C)CC/C=C(\C)[C@@H](O)C(=O)C=C(C)C)cc1O. The number of allylic oxidation sites excluding steroid dienone is 4. The van der Waals surface area contributed by atoms with E-state index in [1.54, 1.807) is 6.92 Å². The third kappa shape index (κ3) is 8.25. The molecule has 0 aromatic heterocycles. The number of ether oxygens (including phenoxy) is 1. The number of carbonyl (C=O) groups is 2. The predicted octanol–water partition coefficient (Wildman–Crippen LogP) is 3.92. The summed E-state index contributed by atoms with van der Waals surface area (Å²) < 4.78 is 4.57. The second kappa shape index (κ2) is 12.0. The van der Waals surface area contributed by atoms with Gasteiger partial charge in [-0.05, 0) is 70.7 Å². The van der Waals surface area contributed by atoms with Gasteiger partial charge in [0.2, 0.25) is 0 Å². The highest BCUT2D eigenvalue weighted by atomic mass is 16.5. The number of benzene rings is 1. The summed E-state index contributed by atoms with van der Waals surface area (Å²) in [6.45, 7) is 7.30. The normalized spacial score (nSPS) is 13.0. The number of methoxy groups -OCH3 is 1. The van der Waals surface area contributed by atoms with Gasteiger partial charge in [0.1, 0.15) is 17.6 Å². The fourth-order valence-corrected chi connectivity index (χ4v) is 2.81. The summed E-state index contributed by atoms with van der Waals surface area (Å²) in [4.78, 5) is 23.2. The number of carbonyl (C=O) groups excluding carboxylic acids is 2. The van der Waals surface area contributed by atoms with Gasteiger partial charge in [0.05, 0.1) is 13.5 Å². The first-order chi connectivity index (χ1) is 14.0. The molecule has 1 rings (SSSR count). The van der Waals surface area contributed by atoms with Gasteiger partial charge < -0.3 is 20.1 Å². The zero-order valence-electron chi connectivity index (χ0n) is 18.4. The van der Waals surface area contributed by atoms with Crippen LogP contribution in [0.3, 0.4) is 0 Å². The molecule has 0 spiro atoms. The molecule has 1 atom stereocenters. The average Bonchev–Trinajstić information content (AvgIpc) is 2.67. The van der Waals surface area contributed by atoms with Crippen LogP contribution in [0.5, 0.6) is 11.5 Å². The number of esters is 1. The molecule has 3 N–H and O–H groups in total. The van der Waals surface area contributed by atoms with Crippen LogP contribution in [-0.2, 0) is 27.2 Å². The van der Waals surface area contributed by atoms with Crippen LogP contribution < -0.4 is 0 Å². The summed E-state index contributed by atoms with van der Waals surface area (Å²) >= 11 is 0. The average molecular weight is 417 g/mol. The van der Waals surface area contributed by atoms with Crippen LogP contribution in [0, 0.1) is 0 Å². The summed E-state index contributed by atoms with van der Waals surface area (Å²) in [7, 11) is 1.26. The maximum atomic E-state index is 11.9. The number of aliphatic hydroxyl groups excluding tert-OH is 1. The third-order valence-corrected chi connectivity index (χ3v) is 4.65. The van der Waals surface area contributed by atoms with Crippen molar-refractivity contribution in [3.8, 4) is 11.5 Å². The van der Waals surface area contributed by atoms with E-state index in [0.29, 0.717) is 29.5 Å². The summed E-state index contributed by atoms with van der Waals surface area (Å²) in [5.74, 6) is -0.869. The maximum Gasteiger partial charge on any atom is 0.310 e. The second-order valence-corrected chi connectivity index (χ2v) is 7.63. The summed E-state index contributed by atoms with van der Waals surface area (Å²) in [6, 6.07) is 2.83. The van der Waals surface area contributed by atoms with E-state index in [9.17, 15) is 24.9 Å². The van der Waals surface area contributed by atoms with Crippen molar-refractivity contribution >= 4 is 11.8 Å². The lowest BCUT2D eigenvalue weighted by Gasteiger charge is -2.09. The first-order valence-electron chi connectivity index (χ1n) is 9.84. The van der Waals surface area contributed by atoms with E-state index in [4.69, 9.17) is 0 Å². The molecule has 6 heteroatoms. The van der Waals surface area contributed by atoms with Crippen LogP contribution in [0.2, 0.25) is 0 Å². The second-order valence-electron chi connectivity index (χ2n) is 7.63. The maximum absolute atomic E-state index is 11.9. The molecule has 0 aliphatic heterocycles. The van der Waals surface area contributed by atoms with Crippen LogP contribution in [0.4, 0.5) is 0 Å². The van der Waals surface area contributed by atoms with E-state index in [1.807, 2.05) is 32.9 Å². The fourth-order valence-electron chi connectivity index (χ4n) is 2.81. The van der Waals surface area contributed by atoms with Gasteiger partial charge >= 0.3 is 5.97 Å². The van der Waals surface area contributed by atoms with Gasteiger partial charge in [0, 0.05) is 11.1 Å². The van der Waals surface area contributed by atoms with Gasteiger partial charge in [-0.2, -0.15) is 0 Å². The van der Waals surface area contributed by atoms with Gasteiger partial charge in [-0.3, -0.25) is 9.59 Å². The van der Waals surface area contributed by atoms with E-state index >= 15 is 0 Å². The van der Waals surface area contributed by atoms with Crippen LogP contribution in [-0.4, -0.2) is 40.3 Å². The van der Waals surface area contributed by atoms with E-state index in [0.717, 1.165) is 17.6 Å². The lowest BCUT2D eigenvalue weighted by Crippen LogP contribution is -2.19. The Bertz CT molecular complexity index is 857. The van der Waals surface area contributed by atoms with Gasteiger partial charge in [0.25, 0.3) is 0 Å². The minimum atomic E-state index is -1.12. The van der Waals surface area contributed by atoms with Crippen LogP contribution in [0.1, 0.15) is 51.7 Å². The highest BCUT2D eigenvalue weighted by Gasteiger charge is 2.14. The fraction of sp³-hybridized carbons (Fsp3) is 0.417. The highest BCUT2D eigenvalue weighted by Crippen LogP contribution is 2.29. The molecule has 0 heterocycles. The summed E-state index contributed by atoms with van der Waals surface area (Å²) in [5, 5.41) is 30.3. The van der Waals surface area contributed by atoms with Crippen LogP contribution >= 0.6 is 0 Å². The van der Waals surface area contributed by atoms with Crippen molar-refractivity contribution in [3.63, 3.8) is 0 Å². The van der Waals surface area contributed by atoms with E-state index in [2.05, 4.69) is 4.74 Å². The Morgan fingerprint density at radius 1 is 1.03 bits per heavy atom. The van der Waals surface area contributed by atoms with Crippen molar-refractivity contribution in [2.45, 2.75) is 59.5 Å². The molecule has 0 aliphatic rings. The zero-order valence-corrected chi connectivity index (χ0v) is 18.4. The Labute approximate surface area is 178 Å². The molecular formula is C24H32O6. The highest BCUT2D eigenvalue weighted by molar-refractivity contribution is 5.95. The van der Waals surface area contributed by atoms with E-state index in [1.165, 1.54) is 25.3 Å². The number of hydrogen-bond donors (Lipinski definition) is 3. The van der Waals surface area contributed by atoms with Crippen molar-refractivity contribution in [3.05, 3.63) is 58.2 Å². The molecule has 0 saturated carbocycles. The summed E-state index contributed by atoms with van der Waals surface area (Å²) in [6.07, 6.45) is 5.83. The van der Waals surface area contributed by atoms with Crippen molar-refractivity contribution in [1.82, 2.24) is 0 Å². The van der Waals surface area contributed by atoms with Crippen LogP contribution in [0.15, 0.2) is 47.1 Å². The van der Waals surface area contributed by atoms with Crippen molar-refractivity contribution in [1.29, 1.82) is 0 Å². The molecule has 1 aromatic rings. The largest absolute Gasteiger partial charge is 0.508 e. The number of rotatable bonds is 10. The van der Waals surface area contributed by atoms with E-state index in [-0.39, 0.29) is 23.7 Å². The monoisotopic (exact) mass is 416 g/mol. The Morgan fingerprint density at radius 2 is 1.63 bits per heavy atom. The number of aromatic hydroxyl groups is 2. The zero-order chi connectivity index (χ0) is 22.8. The predicted molar refractivity (Wildman–Crippen MR) is 116 cm³/mol. The Kier molecular flexibility index (Phi) is 10.1. The molecular weight excluding hydrogens is 384 g/mol. The molecule has 0 fully saturated rings. The molecule has 1 aromatic carbocycles. The third-order valence-electron chi connectivity index (χ3n) is 4.65. The number of phenolic OH excluding ortho intramolecular Hbond substituents is 2. The lowest BCUT2D eigenvalue weighted by atomic mass is 10.0. The Hall–Kier alpha value is -2.86. The Balaban J connectivity index is 2.70. The van der Waals surface area contributed by atoms with Crippen molar-refractivity contribution in [2.75, 3.05) is 7.11 Å². The minimum absolute atomic E-state index is 0.00685. The van der Waals surface area contributed by atoms with Crippen molar-refractivity contribution < 1.29 is 29.6 Å². The molecule has 164 valence electrons. The first-order valence-corrected chi connectivity index (χ1v) is 9.84. The summed E-state index contributed by atoms with van der Waals surface area (Å²) in [5.41, 5.74) is 3.40. The van der Waals surface area contributed by atoms with Gasteiger partial charge in [-0.15, -0.1) is 0 Å². The smallest absolute Gasteiger partial charge is 0.310 e. The van der Waals surface area contributed by atoms with E-state index < -0.39 is 12.1 Å². The van der Waals surface area contributed by atoms with Gasteiger partial charge in [0.15, 0.2) is 5.78 Å². The molecule has 0 radical (unpaired) electrons. The molecule has 0 unspecified atom stereocenters. The van der Waals surface area contributed by atoms with Gasteiger partial charge in [-0.25, -0.2) is 0 Å². The topological polar surface area (TPSA) is 104 Å². The molecule has 0 amide bonds. The standard InChI is InChI=1S/C24H32O6/c1-15(2)11-22(27)24(29)17(4)8-6-7-16(3)9-10-18-12-21(26)19(13-20(18)25)14-23(28)30-5/h8-9,11-13,24-26,29H,6-7,10,14H2,1-5H3/b16-9+,17-8+/t24-/m1/s1. The number of aliphatic hydroxyl groups is 1. The number of ketones is 1. The number of phenols is 2. The molecule has 0 saturated heterocycles. The molecule has 0 aliphatic carbocycles. The molecule has 0 bridgehead atoms. The van der Waals surface area contributed by atoms with Crippen LogP contribution in [0.25, 0.3) is 0 Å². The molecule has 6 nitrogen and oxygen atoms in total. The number of hydrogen-bond acceptors (Lipinski definition) is 6. The first kappa shape index (κ1) is 25.2. The molecule has 30 heavy (non-hydrogen) atoms. The Morgan fingerprint density at radius 3 is 2.23 bits per heavy atom. The van der Waals surface area contributed by atoms with Gasteiger partial charge in [-0.1, -0.05) is 23.3 Å². The minimum Gasteiger partial charge on any atom is -0.508 e. The quantitative estimate of drug-likeness (QED) is 0.231. The lowest BCUT2D eigenvalue weighted by molar-refractivity contribution is -0.139.